The molecule has 0 radical (unpaired) electrons. The van der Waals surface area contributed by atoms with Crippen LogP contribution in [0.5, 0.6) is 0 Å². The van der Waals surface area contributed by atoms with Crippen LogP contribution in [0.1, 0.15) is 25.5 Å². The lowest BCUT2D eigenvalue weighted by Crippen LogP contribution is -2.26. The Labute approximate surface area is 76.8 Å². The Morgan fingerprint density at radius 1 is 1.58 bits per heavy atom. The van der Waals surface area contributed by atoms with Crippen molar-refractivity contribution in [3.05, 3.63) is 22.4 Å². The highest BCUT2D eigenvalue weighted by molar-refractivity contribution is 7.07. The average Bonchev–Trinajstić information content (AvgIpc) is 2.51. The summed E-state index contributed by atoms with van der Waals surface area (Å²) in [6.45, 7) is 4.08. The molecular weight excluding hydrogens is 168 g/mol. The van der Waals surface area contributed by atoms with Crippen LogP contribution in [0.4, 0.5) is 0 Å². The van der Waals surface area contributed by atoms with Crippen LogP contribution >= 0.6 is 11.3 Å². The second-order valence-corrected chi connectivity index (χ2v) is 3.72. The molecule has 1 aromatic heterocycles. The van der Waals surface area contributed by atoms with Gasteiger partial charge in [0.2, 0.25) is 0 Å². The molecule has 0 aliphatic carbocycles. The van der Waals surface area contributed by atoms with Gasteiger partial charge in [0.1, 0.15) is 6.04 Å². The highest BCUT2D eigenvalue weighted by atomic mass is 32.1. The third-order valence-corrected chi connectivity index (χ3v) is 2.21. The Balaban J connectivity index is 2.65. The average molecular weight is 180 g/mol. The molecule has 64 valence electrons. The zero-order valence-corrected chi connectivity index (χ0v) is 8.06. The van der Waals surface area contributed by atoms with E-state index in [0.29, 0.717) is 6.04 Å². The first kappa shape index (κ1) is 9.24. The largest absolute Gasteiger partial charge is 0.296 e. The summed E-state index contributed by atoms with van der Waals surface area (Å²) in [5.41, 5.74) is 1.07. The van der Waals surface area contributed by atoms with E-state index in [1.54, 1.807) is 11.3 Å². The second kappa shape index (κ2) is 4.24. The summed E-state index contributed by atoms with van der Waals surface area (Å²) in [5, 5.41) is 16.0. The van der Waals surface area contributed by atoms with Crippen LogP contribution in [0.25, 0.3) is 0 Å². The lowest BCUT2D eigenvalue weighted by molar-refractivity contribution is 0.547. The molecule has 2 nitrogen and oxygen atoms in total. The second-order valence-electron chi connectivity index (χ2n) is 2.94. The number of nitrogens with zero attached hydrogens (tertiary/aromatic N) is 1. The quantitative estimate of drug-likeness (QED) is 0.774. The summed E-state index contributed by atoms with van der Waals surface area (Å²) in [6, 6.07) is 4.40. The first-order valence-corrected chi connectivity index (χ1v) is 4.86. The molecule has 3 heteroatoms. The number of nitrogens with one attached hydrogen (secondary N) is 1. The van der Waals surface area contributed by atoms with E-state index in [9.17, 15) is 0 Å². The van der Waals surface area contributed by atoms with E-state index >= 15 is 0 Å². The van der Waals surface area contributed by atoms with Crippen molar-refractivity contribution in [2.24, 2.45) is 0 Å². The molecule has 0 aliphatic heterocycles. The molecule has 0 bridgehead atoms. The molecule has 12 heavy (non-hydrogen) atoms. The van der Waals surface area contributed by atoms with E-state index in [-0.39, 0.29) is 6.04 Å². The van der Waals surface area contributed by atoms with Gasteiger partial charge in [0.25, 0.3) is 0 Å². The fourth-order valence-corrected chi connectivity index (χ4v) is 1.67. The predicted molar refractivity (Wildman–Crippen MR) is 50.9 cm³/mol. The summed E-state index contributed by atoms with van der Waals surface area (Å²) < 4.78 is 0. The van der Waals surface area contributed by atoms with Gasteiger partial charge in [0, 0.05) is 6.04 Å². The molecule has 0 aliphatic rings. The van der Waals surface area contributed by atoms with Gasteiger partial charge in [-0.05, 0) is 36.2 Å². The van der Waals surface area contributed by atoms with Crippen LogP contribution in [-0.2, 0) is 0 Å². The van der Waals surface area contributed by atoms with Crippen molar-refractivity contribution < 1.29 is 0 Å². The minimum Gasteiger partial charge on any atom is -0.296 e. The molecule has 1 unspecified atom stereocenters. The van der Waals surface area contributed by atoms with Gasteiger partial charge in [-0.1, -0.05) is 0 Å². The lowest BCUT2D eigenvalue weighted by Gasteiger charge is -2.12. The molecule has 1 atom stereocenters. The van der Waals surface area contributed by atoms with Gasteiger partial charge in [-0.3, -0.25) is 5.32 Å². The third kappa shape index (κ3) is 2.33. The van der Waals surface area contributed by atoms with Crippen LogP contribution < -0.4 is 5.32 Å². The van der Waals surface area contributed by atoms with E-state index in [1.807, 2.05) is 30.7 Å². The first-order chi connectivity index (χ1) is 5.74. The van der Waals surface area contributed by atoms with E-state index in [0.717, 1.165) is 5.56 Å². The molecular formula is C9H12N2S. The van der Waals surface area contributed by atoms with E-state index in [1.165, 1.54) is 0 Å². The Kier molecular flexibility index (Phi) is 3.27. The number of rotatable bonds is 3. The Morgan fingerprint density at radius 3 is 2.75 bits per heavy atom. The zero-order chi connectivity index (χ0) is 8.97. The van der Waals surface area contributed by atoms with Gasteiger partial charge in [0.05, 0.1) is 6.07 Å². The van der Waals surface area contributed by atoms with E-state index in [4.69, 9.17) is 5.26 Å². The first-order valence-electron chi connectivity index (χ1n) is 3.92. The Bertz CT molecular complexity index is 259. The minimum absolute atomic E-state index is 0.156. The molecule has 1 rings (SSSR count). The van der Waals surface area contributed by atoms with Crippen LogP contribution in [0.15, 0.2) is 16.8 Å². The van der Waals surface area contributed by atoms with Crippen molar-refractivity contribution in [1.82, 2.24) is 5.32 Å². The van der Waals surface area contributed by atoms with Gasteiger partial charge in [-0.15, -0.1) is 0 Å². The fourth-order valence-electron chi connectivity index (χ4n) is 0.981. The standard InChI is InChI=1S/C9H12N2S/c1-7(2)11-9(5-10)8-3-4-12-6-8/h3-4,6-7,9,11H,1-2H3. The zero-order valence-electron chi connectivity index (χ0n) is 7.24. The van der Waals surface area contributed by atoms with Crippen LogP contribution in [0.2, 0.25) is 0 Å². The predicted octanol–water partition coefficient (Wildman–Crippen LogP) is 2.31. The normalized spacial score (nSPS) is 12.8. The molecule has 0 saturated carbocycles. The smallest absolute Gasteiger partial charge is 0.122 e. The molecule has 0 spiro atoms. The number of nitriles is 1. The SMILES string of the molecule is CC(C)NC(C#N)c1ccsc1. The van der Waals surface area contributed by atoms with E-state index in [2.05, 4.69) is 11.4 Å². The molecule has 1 heterocycles. The van der Waals surface area contributed by atoms with Crippen molar-refractivity contribution in [1.29, 1.82) is 5.26 Å². The summed E-state index contributed by atoms with van der Waals surface area (Å²) in [7, 11) is 0. The Hall–Kier alpha value is -0.850. The highest BCUT2D eigenvalue weighted by Gasteiger charge is 2.10. The highest BCUT2D eigenvalue weighted by Crippen LogP contribution is 2.15. The van der Waals surface area contributed by atoms with Crippen LogP contribution in [0, 0.1) is 11.3 Å². The van der Waals surface area contributed by atoms with Crippen molar-refractivity contribution in [3.8, 4) is 6.07 Å². The molecule has 0 fully saturated rings. The number of hydrogen-bond donors (Lipinski definition) is 1. The third-order valence-electron chi connectivity index (χ3n) is 1.51. The monoisotopic (exact) mass is 180 g/mol. The number of thiophene rings is 1. The number of hydrogen-bond acceptors (Lipinski definition) is 3. The minimum atomic E-state index is -0.156. The summed E-state index contributed by atoms with van der Waals surface area (Å²) >= 11 is 1.62. The van der Waals surface area contributed by atoms with Crippen LogP contribution in [0.3, 0.4) is 0 Å². The summed E-state index contributed by atoms with van der Waals surface area (Å²) in [5.74, 6) is 0. The molecule has 1 N–H and O–H groups in total. The van der Waals surface area contributed by atoms with Gasteiger partial charge in [0.15, 0.2) is 0 Å². The van der Waals surface area contributed by atoms with Crippen LogP contribution in [-0.4, -0.2) is 6.04 Å². The summed E-state index contributed by atoms with van der Waals surface area (Å²) in [4.78, 5) is 0. The fraction of sp³-hybridized carbons (Fsp3) is 0.444. The van der Waals surface area contributed by atoms with Crippen molar-refractivity contribution in [3.63, 3.8) is 0 Å². The molecule has 0 amide bonds. The topological polar surface area (TPSA) is 35.8 Å². The maximum atomic E-state index is 8.84. The van der Waals surface area contributed by atoms with Gasteiger partial charge in [-0.2, -0.15) is 16.6 Å². The van der Waals surface area contributed by atoms with Gasteiger partial charge >= 0.3 is 0 Å². The maximum absolute atomic E-state index is 8.84. The molecule has 1 aromatic rings. The van der Waals surface area contributed by atoms with Gasteiger partial charge < -0.3 is 0 Å². The lowest BCUT2D eigenvalue weighted by atomic mass is 10.1. The van der Waals surface area contributed by atoms with Gasteiger partial charge in [-0.25, -0.2) is 0 Å². The molecule has 0 saturated heterocycles. The van der Waals surface area contributed by atoms with Crippen molar-refractivity contribution in [2.45, 2.75) is 25.9 Å². The molecule has 0 aromatic carbocycles. The van der Waals surface area contributed by atoms with Crippen molar-refractivity contribution >= 4 is 11.3 Å². The summed E-state index contributed by atoms with van der Waals surface area (Å²) in [6.07, 6.45) is 0. The Morgan fingerprint density at radius 2 is 2.33 bits per heavy atom. The maximum Gasteiger partial charge on any atom is 0.122 e. The van der Waals surface area contributed by atoms with E-state index < -0.39 is 0 Å². The van der Waals surface area contributed by atoms with Crippen molar-refractivity contribution in [2.75, 3.05) is 0 Å².